The van der Waals surface area contributed by atoms with E-state index in [1.807, 2.05) is 24.3 Å². The van der Waals surface area contributed by atoms with Crippen LogP contribution in [0.25, 0.3) is 0 Å². The van der Waals surface area contributed by atoms with Crippen molar-refractivity contribution in [2.75, 3.05) is 7.11 Å². The highest BCUT2D eigenvalue weighted by molar-refractivity contribution is 6.34. The van der Waals surface area contributed by atoms with Crippen molar-refractivity contribution in [3.8, 4) is 5.75 Å². The van der Waals surface area contributed by atoms with Crippen molar-refractivity contribution in [2.45, 2.75) is 13.3 Å². The van der Waals surface area contributed by atoms with Crippen LogP contribution in [0.3, 0.4) is 0 Å². The molecule has 1 aromatic rings. The lowest BCUT2D eigenvalue weighted by Gasteiger charge is -2.03. The molecule has 0 spiro atoms. The maximum absolute atomic E-state index is 10.9. The minimum absolute atomic E-state index is 0.559. The number of hydrogen-bond donors (Lipinski definition) is 2. The van der Waals surface area contributed by atoms with E-state index in [0.29, 0.717) is 12.1 Å². The van der Waals surface area contributed by atoms with E-state index in [0.717, 1.165) is 11.3 Å². The van der Waals surface area contributed by atoms with Gasteiger partial charge in [-0.25, -0.2) is 5.43 Å². The highest BCUT2D eigenvalue weighted by Crippen LogP contribution is 2.11. The van der Waals surface area contributed by atoms with Crippen LogP contribution in [0.4, 0.5) is 0 Å². The molecule has 0 radical (unpaired) electrons. The van der Waals surface area contributed by atoms with E-state index in [-0.39, 0.29) is 0 Å². The van der Waals surface area contributed by atoms with Crippen molar-refractivity contribution >= 4 is 17.5 Å². The largest absolute Gasteiger partial charge is 0.497 e. The third-order valence-corrected chi connectivity index (χ3v) is 2.19. The Bertz CT molecular complexity index is 466. The summed E-state index contributed by atoms with van der Waals surface area (Å²) < 4.78 is 5.04. The van der Waals surface area contributed by atoms with Crippen molar-refractivity contribution in [2.24, 2.45) is 10.8 Å². The molecule has 0 fully saturated rings. The van der Waals surface area contributed by atoms with Crippen molar-refractivity contribution in [1.82, 2.24) is 5.43 Å². The number of nitrogens with one attached hydrogen (secondary N) is 1. The van der Waals surface area contributed by atoms with E-state index in [9.17, 15) is 9.59 Å². The van der Waals surface area contributed by atoms with Crippen molar-refractivity contribution in [3.63, 3.8) is 0 Å². The molecular weight excluding hydrogens is 234 g/mol. The van der Waals surface area contributed by atoms with Crippen molar-refractivity contribution in [1.29, 1.82) is 0 Å². The molecule has 0 unspecified atom stereocenters. The zero-order valence-corrected chi connectivity index (χ0v) is 10.3. The lowest BCUT2D eigenvalue weighted by molar-refractivity contribution is -0.137. The molecule has 3 N–H and O–H groups in total. The molecule has 0 saturated carbocycles. The number of nitrogens with zero attached hydrogens (tertiary/aromatic N) is 1. The van der Waals surface area contributed by atoms with Gasteiger partial charge in [-0.3, -0.25) is 9.59 Å². The number of amides is 2. The quantitative estimate of drug-likeness (QED) is 0.454. The Morgan fingerprint density at radius 2 is 1.94 bits per heavy atom. The molecule has 0 atom stereocenters. The average Bonchev–Trinajstić information content (AvgIpc) is 2.36. The molecule has 0 aliphatic heterocycles. The van der Waals surface area contributed by atoms with Crippen LogP contribution >= 0.6 is 0 Å². The number of carbonyl (C=O) groups is 2. The number of ether oxygens (including phenoxy) is 1. The minimum atomic E-state index is -1.06. The summed E-state index contributed by atoms with van der Waals surface area (Å²) in [7, 11) is 1.60. The summed E-state index contributed by atoms with van der Waals surface area (Å²) in [6.07, 6.45) is 0.559. The second kappa shape index (κ2) is 6.39. The molecule has 96 valence electrons. The van der Waals surface area contributed by atoms with Gasteiger partial charge in [0, 0.05) is 12.1 Å². The fraction of sp³-hybridized carbons (Fsp3) is 0.250. The van der Waals surface area contributed by atoms with Gasteiger partial charge in [0.25, 0.3) is 0 Å². The number of carbonyl (C=O) groups excluding carboxylic acids is 2. The Kier molecular flexibility index (Phi) is 4.86. The zero-order valence-electron chi connectivity index (χ0n) is 10.3. The topological polar surface area (TPSA) is 93.8 Å². The molecule has 0 saturated heterocycles. The van der Waals surface area contributed by atoms with Gasteiger partial charge in [0.05, 0.1) is 7.11 Å². The van der Waals surface area contributed by atoms with Crippen LogP contribution in [0, 0.1) is 0 Å². The molecule has 0 aliphatic rings. The third-order valence-electron chi connectivity index (χ3n) is 2.19. The monoisotopic (exact) mass is 249 g/mol. The first-order valence-corrected chi connectivity index (χ1v) is 5.28. The maximum Gasteiger partial charge on any atom is 0.329 e. The van der Waals surface area contributed by atoms with Crippen molar-refractivity contribution in [3.05, 3.63) is 29.8 Å². The minimum Gasteiger partial charge on any atom is -0.497 e. The van der Waals surface area contributed by atoms with Crippen LogP contribution in [0.5, 0.6) is 5.75 Å². The number of rotatable bonds is 4. The average molecular weight is 249 g/mol. The Morgan fingerprint density at radius 1 is 1.33 bits per heavy atom. The SMILES string of the molecule is COc1ccc(C/C(C)=N\NC(=O)C(N)=O)cc1. The van der Waals surface area contributed by atoms with E-state index < -0.39 is 11.8 Å². The first-order chi connectivity index (χ1) is 8.52. The lowest BCUT2D eigenvalue weighted by atomic mass is 10.1. The van der Waals surface area contributed by atoms with Crippen LogP contribution in [0.15, 0.2) is 29.4 Å². The van der Waals surface area contributed by atoms with Gasteiger partial charge in [0.15, 0.2) is 0 Å². The van der Waals surface area contributed by atoms with E-state index in [2.05, 4.69) is 10.5 Å². The third kappa shape index (κ3) is 4.25. The molecular formula is C12H15N3O3. The molecule has 0 heterocycles. The first kappa shape index (κ1) is 13.7. The van der Waals surface area contributed by atoms with Gasteiger partial charge in [-0.1, -0.05) is 12.1 Å². The molecule has 2 amide bonds. The van der Waals surface area contributed by atoms with Crippen LogP contribution in [0.1, 0.15) is 12.5 Å². The predicted octanol–water partition coefficient (Wildman–Crippen LogP) is 0.215. The molecule has 0 bridgehead atoms. The zero-order chi connectivity index (χ0) is 13.5. The van der Waals surface area contributed by atoms with Crippen LogP contribution in [0.2, 0.25) is 0 Å². The summed E-state index contributed by atoms with van der Waals surface area (Å²) in [4.78, 5) is 21.3. The molecule has 18 heavy (non-hydrogen) atoms. The van der Waals surface area contributed by atoms with E-state index in [4.69, 9.17) is 10.5 Å². The summed E-state index contributed by atoms with van der Waals surface area (Å²) in [5, 5.41) is 3.77. The molecule has 0 aliphatic carbocycles. The first-order valence-electron chi connectivity index (χ1n) is 5.28. The Morgan fingerprint density at radius 3 is 2.44 bits per heavy atom. The second-order valence-corrected chi connectivity index (χ2v) is 3.68. The summed E-state index contributed by atoms with van der Waals surface area (Å²) in [6, 6.07) is 7.47. The molecule has 1 aromatic carbocycles. The second-order valence-electron chi connectivity index (χ2n) is 3.68. The maximum atomic E-state index is 10.9. The van der Waals surface area contributed by atoms with Crippen LogP contribution in [-0.2, 0) is 16.0 Å². The number of hydrogen-bond acceptors (Lipinski definition) is 4. The Labute approximate surface area is 105 Å². The highest BCUT2D eigenvalue weighted by atomic mass is 16.5. The van der Waals surface area contributed by atoms with Crippen LogP contribution in [-0.4, -0.2) is 24.6 Å². The number of primary amides is 1. The fourth-order valence-electron chi connectivity index (χ4n) is 1.28. The molecule has 0 aromatic heterocycles. The van der Waals surface area contributed by atoms with Gasteiger partial charge in [-0.2, -0.15) is 5.10 Å². The van der Waals surface area contributed by atoms with Gasteiger partial charge in [0.2, 0.25) is 0 Å². The number of methoxy groups -OCH3 is 1. The number of nitrogens with two attached hydrogens (primary N) is 1. The fourth-order valence-corrected chi connectivity index (χ4v) is 1.28. The number of hydrazone groups is 1. The summed E-state index contributed by atoms with van der Waals surface area (Å²) >= 11 is 0. The lowest BCUT2D eigenvalue weighted by Crippen LogP contribution is -2.33. The van der Waals surface area contributed by atoms with Crippen LogP contribution < -0.4 is 15.9 Å². The van der Waals surface area contributed by atoms with Crippen molar-refractivity contribution < 1.29 is 14.3 Å². The molecule has 6 nitrogen and oxygen atoms in total. The van der Waals surface area contributed by atoms with Gasteiger partial charge in [0.1, 0.15) is 5.75 Å². The summed E-state index contributed by atoms with van der Waals surface area (Å²) in [5.74, 6) is -1.21. The number of benzene rings is 1. The van der Waals surface area contributed by atoms with E-state index in [1.54, 1.807) is 14.0 Å². The van der Waals surface area contributed by atoms with E-state index >= 15 is 0 Å². The highest BCUT2D eigenvalue weighted by Gasteiger charge is 2.06. The summed E-state index contributed by atoms with van der Waals surface area (Å²) in [5.41, 5.74) is 8.53. The molecule has 6 heteroatoms. The van der Waals surface area contributed by atoms with Gasteiger partial charge >= 0.3 is 11.8 Å². The Balaban J connectivity index is 2.57. The predicted molar refractivity (Wildman–Crippen MR) is 67.1 cm³/mol. The standard InChI is InChI=1S/C12H15N3O3/c1-8(14-15-12(17)11(13)16)7-9-3-5-10(18-2)6-4-9/h3-6H,7H2,1-2H3,(H2,13,16)(H,15,17)/b14-8-. The van der Waals surface area contributed by atoms with Gasteiger partial charge in [-0.15, -0.1) is 0 Å². The Hall–Kier alpha value is -2.37. The van der Waals surface area contributed by atoms with E-state index in [1.165, 1.54) is 0 Å². The van der Waals surface area contributed by atoms with Gasteiger partial charge < -0.3 is 10.5 Å². The summed E-state index contributed by atoms with van der Waals surface area (Å²) in [6.45, 7) is 1.74. The normalized spacial score (nSPS) is 10.9. The molecule has 1 rings (SSSR count). The van der Waals surface area contributed by atoms with Gasteiger partial charge in [-0.05, 0) is 24.6 Å². The smallest absolute Gasteiger partial charge is 0.329 e.